The molecule has 0 aliphatic rings. The molecular formula is C21H24F2N8O. The third-order valence-corrected chi connectivity index (χ3v) is 5.53. The fourth-order valence-corrected chi connectivity index (χ4v) is 3.89. The number of halogens is 2. The summed E-state index contributed by atoms with van der Waals surface area (Å²) in [4.78, 5) is 25.3. The van der Waals surface area contributed by atoms with Crippen LogP contribution < -0.4 is 11.1 Å². The molecule has 3 aromatic heterocycles. The van der Waals surface area contributed by atoms with Crippen LogP contribution in [0.25, 0.3) is 16.8 Å². The average molecular weight is 442 g/mol. The van der Waals surface area contributed by atoms with Crippen molar-refractivity contribution in [2.24, 2.45) is 0 Å². The monoisotopic (exact) mass is 442 g/mol. The SMILES string of the molecule is Cc1nc2nc(N)nn2c(C)c1CCC(=O)NC[C@H](C)c1nc2ccccc2n1C(F)F. The number of imidazole rings is 1. The van der Waals surface area contributed by atoms with Gasteiger partial charge in [0.15, 0.2) is 0 Å². The second-order valence-corrected chi connectivity index (χ2v) is 7.75. The van der Waals surface area contributed by atoms with Crippen LogP contribution in [0.3, 0.4) is 0 Å². The molecule has 0 fully saturated rings. The molecule has 168 valence electrons. The van der Waals surface area contributed by atoms with Gasteiger partial charge in [0.1, 0.15) is 5.82 Å². The third kappa shape index (κ3) is 3.97. The number of anilines is 1. The number of nitrogens with two attached hydrogens (primary N) is 1. The molecule has 0 bridgehead atoms. The van der Waals surface area contributed by atoms with Crippen LogP contribution in [0.2, 0.25) is 0 Å². The van der Waals surface area contributed by atoms with Gasteiger partial charge in [-0.3, -0.25) is 9.36 Å². The van der Waals surface area contributed by atoms with Gasteiger partial charge >= 0.3 is 6.55 Å². The van der Waals surface area contributed by atoms with Crippen LogP contribution in [-0.2, 0) is 11.2 Å². The van der Waals surface area contributed by atoms with E-state index in [1.807, 2.05) is 13.8 Å². The molecule has 0 spiro atoms. The van der Waals surface area contributed by atoms with E-state index in [0.717, 1.165) is 21.5 Å². The van der Waals surface area contributed by atoms with Gasteiger partial charge in [0.25, 0.3) is 5.78 Å². The Labute approximate surface area is 182 Å². The van der Waals surface area contributed by atoms with Crippen LogP contribution in [0, 0.1) is 13.8 Å². The Morgan fingerprint density at radius 2 is 1.94 bits per heavy atom. The van der Waals surface area contributed by atoms with Crippen molar-refractivity contribution in [2.75, 3.05) is 12.3 Å². The lowest BCUT2D eigenvalue weighted by molar-refractivity contribution is -0.121. The standard InChI is InChI=1S/C21H24F2N8O/c1-11(18-27-15-6-4-5-7-16(15)30(18)19(22)23)10-25-17(32)9-8-14-12(2)26-21-28-20(24)29-31(21)13(14)3/h4-7,11,19H,8-10H2,1-3H3,(H2,24,29)(H,25,32)/t11-/m0/s1. The Balaban J connectivity index is 1.42. The third-order valence-electron chi connectivity index (χ3n) is 5.53. The number of hydrogen-bond donors (Lipinski definition) is 2. The van der Waals surface area contributed by atoms with Crippen LogP contribution in [0.4, 0.5) is 14.7 Å². The fraction of sp³-hybridized carbons (Fsp3) is 0.381. The lowest BCUT2D eigenvalue weighted by Gasteiger charge is -2.15. The quantitative estimate of drug-likeness (QED) is 0.455. The predicted molar refractivity (Wildman–Crippen MR) is 115 cm³/mol. The van der Waals surface area contributed by atoms with Gasteiger partial charge in [-0.2, -0.15) is 18.3 Å². The highest BCUT2D eigenvalue weighted by Gasteiger charge is 2.22. The summed E-state index contributed by atoms with van der Waals surface area (Å²) in [6, 6.07) is 6.76. The number of nitrogens with zero attached hydrogens (tertiary/aromatic N) is 6. The minimum absolute atomic E-state index is 0.138. The first kappa shape index (κ1) is 21.6. The maximum atomic E-state index is 13.7. The second-order valence-electron chi connectivity index (χ2n) is 7.75. The summed E-state index contributed by atoms with van der Waals surface area (Å²) >= 11 is 0. The summed E-state index contributed by atoms with van der Waals surface area (Å²) in [6.07, 6.45) is 0.674. The van der Waals surface area contributed by atoms with Gasteiger partial charge in [-0.25, -0.2) is 9.97 Å². The zero-order chi connectivity index (χ0) is 23.0. The number of fused-ring (bicyclic) bond motifs is 2. The minimum atomic E-state index is -2.71. The Morgan fingerprint density at radius 3 is 2.69 bits per heavy atom. The number of hydrogen-bond acceptors (Lipinski definition) is 6. The molecule has 1 amide bonds. The first-order valence-electron chi connectivity index (χ1n) is 10.3. The summed E-state index contributed by atoms with van der Waals surface area (Å²) in [5, 5.41) is 6.95. The van der Waals surface area contributed by atoms with Crippen molar-refractivity contribution in [3.05, 3.63) is 47.0 Å². The summed E-state index contributed by atoms with van der Waals surface area (Å²) in [7, 11) is 0. The smallest absolute Gasteiger partial charge is 0.320 e. The Kier molecular flexibility index (Phi) is 5.72. The normalized spacial score (nSPS) is 12.7. The highest BCUT2D eigenvalue weighted by atomic mass is 19.3. The topological polar surface area (TPSA) is 116 Å². The summed E-state index contributed by atoms with van der Waals surface area (Å²) in [6.45, 7) is 2.97. The number of carbonyl (C=O) groups excluding carboxylic acids is 1. The van der Waals surface area contributed by atoms with Gasteiger partial charge in [0.2, 0.25) is 11.9 Å². The summed E-state index contributed by atoms with van der Waals surface area (Å²) in [5.41, 5.74) is 9.00. The average Bonchev–Trinajstić information content (AvgIpc) is 3.32. The molecule has 3 heterocycles. The van der Waals surface area contributed by atoms with Crippen molar-refractivity contribution in [3.8, 4) is 0 Å². The van der Waals surface area contributed by atoms with Crippen molar-refractivity contribution in [3.63, 3.8) is 0 Å². The maximum Gasteiger partial charge on any atom is 0.320 e. The lowest BCUT2D eigenvalue weighted by Crippen LogP contribution is -2.29. The van der Waals surface area contributed by atoms with Crippen LogP contribution >= 0.6 is 0 Å². The van der Waals surface area contributed by atoms with Crippen molar-refractivity contribution < 1.29 is 13.6 Å². The molecule has 0 saturated carbocycles. The number of amides is 1. The molecule has 32 heavy (non-hydrogen) atoms. The van der Waals surface area contributed by atoms with Gasteiger partial charge in [-0.15, -0.1) is 5.10 Å². The zero-order valence-corrected chi connectivity index (χ0v) is 18.0. The van der Waals surface area contributed by atoms with E-state index in [2.05, 4.69) is 25.4 Å². The summed E-state index contributed by atoms with van der Waals surface area (Å²) in [5.74, 6) is 0.222. The van der Waals surface area contributed by atoms with Gasteiger partial charge in [-0.1, -0.05) is 19.1 Å². The van der Waals surface area contributed by atoms with Crippen molar-refractivity contribution in [1.29, 1.82) is 0 Å². The molecule has 0 radical (unpaired) electrons. The molecule has 0 unspecified atom stereocenters. The number of nitrogen functional groups attached to an aromatic ring is 1. The number of aromatic nitrogens is 6. The van der Waals surface area contributed by atoms with E-state index in [4.69, 9.17) is 5.73 Å². The van der Waals surface area contributed by atoms with Crippen LogP contribution in [0.1, 0.15) is 48.6 Å². The van der Waals surface area contributed by atoms with Crippen molar-refractivity contribution in [1.82, 2.24) is 34.4 Å². The Hall–Kier alpha value is -3.63. The van der Waals surface area contributed by atoms with E-state index >= 15 is 0 Å². The maximum absolute atomic E-state index is 13.7. The first-order valence-corrected chi connectivity index (χ1v) is 10.3. The molecule has 4 aromatic rings. The van der Waals surface area contributed by atoms with Crippen molar-refractivity contribution in [2.45, 2.75) is 46.1 Å². The number of aryl methyl sites for hydroxylation is 2. The lowest BCUT2D eigenvalue weighted by atomic mass is 10.1. The molecule has 9 nitrogen and oxygen atoms in total. The van der Waals surface area contributed by atoms with E-state index in [9.17, 15) is 13.6 Å². The predicted octanol–water partition coefficient (Wildman–Crippen LogP) is 2.92. The van der Waals surface area contributed by atoms with Crippen LogP contribution in [0.15, 0.2) is 24.3 Å². The van der Waals surface area contributed by atoms with Gasteiger partial charge in [0, 0.05) is 30.3 Å². The highest BCUT2D eigenvalue weighted by Crippen LogP contribution is 2.27. The number of para-hydroxylation sites is 2. The molecule has 3 N–H and O–H groups in total. The van der Waals surface area contributed by atoms with Gasteiger partial charge in [0.05, 0.1) is 11.0 Å². The molecule has 0 aliphatic heterocycles. The van der Waals surface area contributed by atoms with E-state index < -0.39 is 6.55 Å². The molecule has 0 saturated heterocycles. The minimum Gasteiger partial charge on any atom is -0.366 e. The first-order chi connectivity index (χ1) is 15.3. The second kappa shape index (κ2) is 8.48. The number of nitrogens with one attached hydrogen (secondary N) is 1. The van der Waals surface area contributed by atoms with E-state index in [-0.39, 0.29) is 36.6 Å². The Morgan fingerprint density at radius 1 is 1.19 bits per heavy atom. The Bertz CT molecular complexity index is 1300. The number of rotatable bonds is 7. The number of carbonyl (C=O) groups is 1. The molecular weight excluding hydrogens is 418 g/mol. The molecule has 1 atom stereocenters. The summed E-state index contributed by atoms with van der Waals surface area (Å²) < 4.78 is 29.8. The van der Waals surface area contributed by atoms with Crippen LogP contribution in [-0.4, -0.2) is 41.6 Å². The molecule has 4 rings (SSSR count). The van der Waals surface area contributed by atoms with Crippen molar-refractivity contribution >= 4 is 28.7 Å². The highest BCUT2D eigenvalue weighted by molar-refractivity contribution is 5.77. The fourth-order valence-electron chi connectivity index (χ4n) is 3.89. The zero-order valence-electron chi connectivity index (χ0n) is 18.0. The number of alkyl halides is 2. The molecule has 0 aliphatic carbocycles. The molecule has 1 aromatic carbocycles. The van der Waals surface area contributed by atoms with Crippen LogP contribution in [0.5, 0.6) is 0 Å². The van der Waals surface area contributed by atoms with E-state index in [0.29, 0.717) is 23.2 Å². The number of benzene rings is 1. The van der Waals surface area contributed by atoms with E-state index in [1.165, 1.54) is 0 Å². The van der Waals surface area contributed by atoms with E-state index in [1.54, 1.807) is 35.7 Å². The van der Waals surface area contributed by atoms with Gasteiger partial charge < -0.3 is 11.1 Å². The molecule has 11 heteroatoms. The largest absolute Gasteiger partial charge is 0.366 e. The van der Waals surface area contributed by atoms with Gasteiger partial charge in [-0.05, 0) is 38.0 Å².